The molecule has 1 fully saturated rings. The summed E-state index contributed by atoms with van der Waals surface area (Å²) in [6.07, 6.45) is 8.68. The van der Waals surface area contributed by atoms with Crippen molar-refractivity contribution in [2.75, 3.05) is 6.54 Å². The van der Waals surface area contributed by atoms with Gasteiger partial charge in [0.05, 0.1) is 0 Å². The number of aryl methyl sites for hydroxylation is 1. The van der Waals surface area contributed by atoms with Crippen LogP contribution in [0.5, 0.6) is 0 Å². The Hall–Kier alpha value is -2.21. The number of nitrogens with zero attached hydrogens (tertiary/aromatic N) is 1. The largest absolute Gasteiger partial charge is 0.330 e. The van der Waals surface area contributed by atoms with Gasteiger partial charge in [0.2, 0.25) is 11.8 Å². The van der Waals surface area contributed by atoms with Gasteiger partial charge in [-0.3, -0.25) is 19.7 Å². The number of unbranched alkanes of at least 4 members (excludes halogenated alkanes) is 5. The Morgan fingerprint density at radius 3 is 2.52 bits per heavy atom. The van der Waals surface area contributed by atoms with E-state index < -0.39 is 6.04 Å². The van der Waals surface area contributed by atoms with Crippen LogP contribution in [0.2, 0.25) is 0 Å². The van der Waals surface area contributed by atoms with E-state index in [1.165, 1.54) is 31.2 Å². The molecule has 27 heavy (non-hydrogen) atoms. The van der Waals surface area contributed by atoms with E-state index in [1.807, 2.05) is 12.1 Å². The highest BCUT2D eigenvalue weighted by Gasteiger charge is 2.39. The fraction of sp³-hybridized carbons (Fsp3) is 0.571. The number of benzene rings is 1. The number of hydrogen-bond donors (Lipinski definition) is 2. The zero-order chi connectivity index (χ0) is 19.2. The van der Waals surface area contributed by atoms with Crippen LogP contribution in [0.3, 0.4) is 0 Å². The Morgan fingerprint density at radius 1 is 1.04 bits per heavy atom. The summed E-state index contributed by atoms with van der Waals surface area (Å²) in [6, 6.07) is 5.33. The Bertz CT molecular complexity index is 717. The summed E-state index contributed by atoms with van der Waals surface area (Å²) >= 11 is 0. The standard InChI is InChI=1S/C21H29N3O3/c22-13-6-4-2-1-3-5-8-15-9-7-10-16-17(15)14-24(21(16)27)18-11-12-19(25)23-20(18)26/h7,9-10,18H,1-6,8,11-14,22H2,(H,23,25,26). The second kappa shape index (κ2) is 9.13. The molecule has 3 N–H and O–H groups in total. The van der Waals surface area contributed by atoms with Crippen molar-refractivity contribution in [2.45, 2.75) is 70.4 Å². The van der Waals surface area contributed by atoms with E-state index in [0.717, 1.165) is 31.4 Å². The molecule has 2 heterocycles. The summed E-state index contributed by atoms with van der Waals surface area (Å²) in [4.78, 5) is 38.0. The second-order valence-electron chi connectivity index (χ2n) is 7.50. The molecule has 0 spiro atoms. The predicted molar refractivity (Wildman–Crippen MR) is 103 cm³/mol. The number of amides is 3. The van der Waals surface area contributed by atoms with Gasteiger partial charge in [0.25, 0.3) is 5.91 Å². The highest BCUT2D eigenvalue weighted by atomic mass is 16.2. The molecule has 3 rings (SSSR count). The third kappa shape index (κ3) is 4.56. The van der Waals surface area contributed by atoms with Crippen LogP contribution in [-0.4, -0.2) is 35.2 Å². The lowest BCUT2D eigenvalue weighted by atomic mass is 9.98. The smallest absolute Gasteiger partial charge is 0.255 e. The first-order valence-corrected chi connectivity index (χ1v) is 10.1. The zero-order valence-corrected chi connectivity index (χ0v) is 15.8. The number of carbonyl (C=O) groups excluding carboxylic acids is 3. The van der Waals surface area contributed by atoms with Crippen molar-refractivity contribution in [3.05, 3.63) is 34.9 Å². The molecular weight excluding hydrogens is 342 g/mol. The molecule has 6 heteroatoms. The maximum atomic E-state index is 12.8. The van der Waals surface area contributed by atoms with Crippen molar-refractivity contribution in [3.8, 4) is 0 Å². The summed E-state index contributed by atoms with van der Waals surface area (Å²) in [5, 5.41) is 2.35. The first-order chi connectivity index (χ1) is 13.1. The molecule has 1 unspecified atom stereocenters. The summed E-state index contributed by atoms with van der Waals surface area (Å²) in [5.74, 6) is -0.706. The quantitative estimate of drug-likeness (QED) is 0.514. The first-order valence-electron chi connectivity index (χ1n) is 10.1. The van der Waals surface area contributed by atoms with E-state index in [1.54, 1.807) is 4.90 Å². The third-order valence-electron chi connectivity index (χ3n) is 5.58. The van der Waals surface area contributed by atoms with Gasteiger partial charge in [0.1, 0.15) is 6.04 Å². The Labute approximate surface area is 160 Å². The number of piperidine rings is 1. The summed E-state index contributed by atoms with van der Waals surface area (Å²) < 4.78 is 0. The van der Waals surface area contributed by atoms with Crippen LogP contribution >= 0.6 is 0 Å². The molecule has 1 saturated heterocycles. The van der Waals surface area contributed by atoms with Crippen LogP contribution in [0.15, 0.2) is 18.2 Å². The van der Waals surface area contributed by atoms with Crippen LogP contribution in [0.4, 0.5) is 0 Å². The van der Waals surface area contributed by atoms with Gasteiger partial charge in [-0.1, -0.05) is 37.8 Å². The molecule has 1 aromatic carbocycles. The van der Waals surface area contributed by atoms with Gasteiger partial charge in [-0.05, 0) is 49.4 Å². The number of fused-ring (bicyclic) bond motifs is 1. The van der Waals surface area contributed by atoms with Crippen LogP contribution in [-0.2, 0) is 22.6 Å². The van der Waals surface area contributed by atoms with E-state index in [0.29, 0.717) is 18.5 Å². The lowest BCUT2D eigenvalue weighted by Gasteiger charge is -2.29. The van der Waals surface area contributed by atoms with E-state index in [-0.39, 0.29) is 24.1 Å². The zero-order valence-electron chi connectivity index (χ0n) is 15.8. The fourth-order valence-corrected chi connectivity index (χ4v) is 4.05. The molecule has 2 aliphatic rings. The highest BCUT2D eigenvalue weighted by Crippen LogP contribution is 2.30. The lowest BCUT2D eigenvalue weighted by molar-refractivity contribution is -0.136. The number of hydrogen-bond acceptors (Lipinski definition) is 4. The van der Waals surface area contributed by atoms with Crippen molar-refractivity contribution in [1.29, 1.82) is 0 Å². The van der Waals surface area contributed by atoms with Gasteiger partial charge in [-0.25, -0.2) is 0 Å². The van der Waals surface area contributed by atoms with Crippen LogP contribution < -0.4 is 11.1 Å². The van der Waals surface area contributed by atoms with Gasteiger partial charge >= 0.3 is 0 Å². The molecule has 0 aliphatic carbocycles. The predicted octanol–water partition coefficient (Wildman–Crippen LogP) is 2.29. The van der Waals surface area contributed by atoms with E-state index >= 15 is 0 Å². The number of carbonyl (C=O) groups is 3. The van der Waals surface area contributed by atoms with Gasteiger partial charge in [-0.15, -0.1) is 0 Å². The minimum absolute atomic E-state index is 0.0943. The fourth-order valence-electron chi connectivity index (χ4n) is 4.05. The van der Waals surface area contributed by atoms with Crippen molar-refractivity contribution in [3.63, 3.8) is 0 Å². The third-order valence-corrected chi connectivity index (χ3v) is 5.58. The summed E-state index contributed by atoms with van der Waals surface area (Å²) in [5.41, 5.74) is 8.48. The normalized spacial score (nSPS) is 19.4. The molecule has 0 bridgehead atoms. The van der Waals surface area contributed by atoms with E-state index in [4.69, 9.17) is 5.73 Å². The van der Waals surface area contributed by atoms with Crippen LogP contribution in [0.25, 0.3) is 0 Å². The maximum absolute atomic E-state index is 12.8. The van der Waals surface area contributed by atoms with Gasteiger partial charge in [-0.2, -0.15) is 0 Å². The molecule has 3 amide bonds. The Kier molecular flexibility index (Phi) is 6.61. The molecule has 6 nitrogen and oxygen atoms in total. The molecule has 0 radical (unpaired) electrons. The highest BCUT2D eigenvalue weighted by molar-refractivity contribution is 6.05. The first kappa shape index (κ1) is 19.5. The Morgan fingerprint density at radius 2 is 1.78 bits per heavy atom. The molecule has 1 atom stereocenters. The molecular formula is C21H29N3O3. The van der Waals surface area contributed by atoms with Crippen molar-refractivity contribution >= 4 is 17.7 Å². The number of imide groups is 1. The molecule has 0 aromatic heterocycles. The van der Waals surface area contributed by atoms with Crippen molar-refractivity contribution in [2.24, 2.45) is 5.73 Å². The topological polar surface area (TPSA) is 92.5 Å². The van der Waals surface area contributed by atoms with Crippen LogP contribution in [0, 0.1) is 0 Å². The van der Waals surface area contributed by atoms with Gasteiger partial charge in [0, 0.05) is 18.5 Å². The number of nitrogens with one attached hydrogen (secondary N) is 1. The van der Waals surface area contributed by atoms with Crippen LogP contribution in [0.1, 0.15) is 72.9 Å². The summed E-state index contributed by atoms with van der Waals surface area (Å²) in [6.45, 7) is 1.24. The summed E-state index contributed by atoms with van der Waals surface area (Å²) in [7, 11) is 0. The monoisotopic (exact) mass is 371 g/mol. The minimum atomic E-state index is -0.544. The molecule has 0 saturated carbocycles. The number of rotatable bonds is 9. The molecule has 146 valence electrons. The SMILES string of the molecule is NCCCCCCCCc1cccc2c1CN(C1CCC(=O)NC1=O)C2=O. The number of nitrogens with two attached hydrogens (primary N) is 1. The van der Waals surface area contributed by atoms with E-state index in [9.17, 15) is 14.4 Å². The molecule has 1 aromatic rings. The van der Waals surface area contributed by atoms with E-state index in [2.05, 4.69) is 11.4 Å². The lowest BCUT2D eigenvalue weighted by Crippen LogP contribution is -2.52. The minimum Gasteiger partial charge on any atom is -0.330 e. The average molecular weight is 371 g/mol. The van der Waals surface area contributed by atoms with Crippen molar-refractivity contribution < 1.29 is 14.4 Å². The molecule has 2 aliphatic heterocycles. The second-order valence-corrected chi connectivity index (χ2v) is 7.50. The average Bonchev–Trinajstić information content (AvgIpc) is 2.98. The Balaban J connectivity index is 1.59. The van der Waals surface area contributed by atoms with Gasteiger partial charge in [0.15, 0.2) is 0 Å². The maximum Gasteiger partial charge on any atom is 0.255 e. The van der Waals surface area contributed by atoms with Gasteiger partial charge < -0.3 is 10.6 Å². The van der Waals surface area contributed by atoms with Crippen molar-refractivity contribution in [1.82, 2.24) is 10.2 Å².